The Balaban J connectivity index is -0.00000161. The molecule has 0 bridgehead atoms. The third-order valence-electron chi connectivity index (χ3n) is 18.1. The van der Waals surface area contributed by atoms with E-state index in [-0.39, 0.29) is 50.3 Å². The lowest BCUT2D eigenvalue weighted by Crippen LogP contribution is -2.25. The van der Waals surface area contributed by atoms with Crippen molar-refractivity contribution in [2.24, 2.45) is 0 Å². The number of esters is 4. The smallest absolute Gasteiger partial charge is 0.328 e. The Hall–Kier alpha value is -3.52. The molecular formula is C82H156O14. The summed E-state index contributed by atoms with van der Waals surface area (Å²) in [7, 11) is 0. The van der Waals surface area contributed by atoms with E-state index < -0.39 is 24.1 Å². The van der Waals surface area contributed by atoms with Gasteiger partial charge in [-0.1, -0.05) is 387 Å². The first-order valence-corrected chi connectivity index (χ1v) is 40.9. The van der Waals surface area contributed by atoms with Crippen molar-refractivity contribution in [3.63, 3.8) is 0 Å². The average Bonchev–Trinajstić information content (AvgIpc) is 3.72. The average molecular weight is 1370 g/mol. The fraction of sp³-hybridized carbons (Fsp3) is 0.902. The van der Waals surface area contributed by atoms with Gasteiger partial charge >= 0.3 is 35.8 Å². The highest BCUT2D eigenvalue weighted by Gasteiger charge is 2.14. The number of aliphatic hydroxyl groups is 2. The zero-order valence-electron chi connectivity index (χ0n) is 63.3. The molecule has 4 N–H and O–H groups in total. The van der Waals surface area contributed by atoms with Crippen LogP contribution in [-0.2, 0) is 47.7 Å². The van der Waals surface area contributed by atoms with E-state index in [0.717, 1.165) is 51.4 Å². The summed E-state index contributed by atoms with van der Waals surface area (Å²) in [5, 5.41) is 35.6. The lowest BCUT2D eigenvalue weighted by Gasteiger charge is -2.12. The van der Waals surface area contributed by atoms with Crippen molar-refractivity contribution in [2.45, 2.75) is 451 Å². The summed E-state index contributed by atoms with van der Waals surface area (Å²) in [6.07, 6.45) is 78.4. The Morgan fingerprint density at radius 1 is 0.219 bits per heavy atom. The molecule has 0 spiro atoms. The topological polar surface area (TPSA) is 220 Å². The van der Waals surface area contributed by atoms with Gasteiger partial charge in [0, 0.05) is 37.8 Å². The molecule has 0 fully saturated rings. The van der Waals surface area contributed by atoms with Crippen LogP contribution < -0.4 is 0 Å². The van der Waals surface area contributed by atoms with Crippen LogP contribution in [0.5, 0.6) is 0 Å². The van der Waals surface area contributed by atoms with Crippen molar-refractivity contribution in [3.8, 4) is 0 Å². The van der Waals surface area contributed by atoms with Crippen LogP contribution in [0.1, 0.15) is 439 Å². The zero-order valence-corrected chi connectivity index (χ0v) is 63.3. The minimum Gasteiger partial charge on any atom is -0.478 e. The number of rotatable bonds is 74. The molecule has 568 valence electrons. The first kappa shape index (κ1) is 96.7. The zero-order chi connectivity index (χ0) is 70.9. The van der Waals surface area contributed by atoms with Crippen molar-refractivity contribution in [1.82, 2.24) is 0 Å². The fourth-order valence-corrected chi connectivity index (χ4v) is 11.8. The van der Waals surface area contributed by atoms with Gasteiger partial charge in [-0.25, -0.2) is 9.59 Å². The molecule has 0 atom stereocenters. The minimum atomic E-state index is -1.26. The van der Waals surface area contributed by atoms with Gasteiger partial charge in [0.05, 0.1) is 0 Å². The molecule has 14 heteroatoms. The summed E-state index contributed by atoms with van der Waals surface area (Å²) in [6.45, 7) is 8.65. The number of carboxylic acids is 2. The molecule has 0 radical (unpaired) electrons. The number of hydrogen-bond donors (Lipinski definition) is 4. The maximum Gasteiger partial charge on any atom is 0.328 e. The largest absolute Gasteiger partial charge is 0.478 e. The van der Waals surface area contributed by atoms with Gasteiger partial charge in [0.1, 0.15) is 38.6 Å². The molecule has 0 aromatic carbocycles. The molecule has 14 nitrogen and oxygen atoms in total. The van der Waals surface area contributed by atoms with Crippen molar-refractivity contribution in [3.05, 3.63) is 12.2 Å². The number of carbonyl (C=O) groups excluding carboxylic acids is 4. The molecule has 96 heavy (non-hydrogen) atoms. The van der Waals surface area contributed by atoms with Gasteiger partial charge in [-0.05, 0) is 25.7 Å². The molecule has 0 aromatic rings. The summed E-state index contributed by atoms with van der Waals surface area (Å²) >= 11 is 0. The number of carbonyl (C=O) groups is 6. The quantitative estimate of drug-likeness (QED) is 0.0193. The van der Waals surface area contributed by atoms with Crippen molar-refractivity contribution < 1.29 is 68.1 Å². The summed E-state index contributed by atoms with van der Waals surface area (Å²) in [5.74, 6) is -3.61. The molecule has 0 saturated heterocycles. The molecule has 0 aliphatic heterocycles. The van der Waals surface area contributed by atoms with E-state index >= 15 is 0 Å². The number of aliphatic carboxylic acids is 2. The highest BCUT2D eigenvalue weighted by atomic mass is 16.6. The summed E-state index contributed by atoms with van der Waals surface area (Å²) in [6, 6.07) is 0. The number of unbranched alkanes of at least 4 members (excludes halogenated alkanes) is 56. The number of hydrogen-bond acceptors (Lipinski definition) is 12. The van der Waals surface area contributed by atoms with E-state index in [4.69, 9.17) is 29.2 Å². The van der Waals surface area contributed by atoms with Gasteiger partial charge in [0.2, 0.25) is 0 Å². The van der Waals surface area contributed by atoms with Gasteiger partial charge in [-0.3, -0.25) is 19.2 Å². The monoisotopic (exact) mass is 1370 g/mol. The van der Waals surface area contributed by atoms with Gasteiger partial charge < -0.3 is 39.4 Å². The summed E-state index contributed by atoms with van der Waals surface area (Å²) < 4.78 is 20.7. The van der Waals surface area contributed by atoms with Crippen LogP contribution in [0.3, 0.4) is 0 Å². The third-order valence-corrected chi connectivity index (χ3v) is 18.1. The Morgan fingerprint density at radius 3 is 0.448 bits per heavy atom. The summed E-state index contributed by atoms with van der Waals surface area (Å²) in [5.41, 5.74) is 0. The van der Waals surface area contributed by atoms with Gasteiger partial charge in [-0.15, -0.1) is 0 Å². The standard InChI is InChI=1S/2C39H76O5.C4H4O4/c2*1-3-5-7-9-11-13-15-17-19-21-23-25-27-29-31-33-38(41)43-35-37(40)36-44-39(42)34-32-30-28-26-24-22-20-18-16-14-12-10-8-6-4-2;5-3(6)1-2-4(7)8/h2*37,40H,3-36H2,1-2H3;1-2H,(H,5,6)(H,7,8)/b;;2-1+. The van der Waals surface area contributed by atoms with Crippen LogP contribution in [-0.4, -0.2) is 94.9 Å². The third kappa shape index (κ3) is 90.5. The molecule has 0 rings (SSSR count). The Labute approximate surface area is 590 Å². The van der Waals surface area contributed by atoms with Crippen LogP contribution in [0.2, 0.25) is 0 Å². The molecule has 0 aromatic heterocycles. The normalized spacial score (nSPS) is 11.2. The molecule has 0 aliphatic rings. The summed E-state index contributed by atoms with van der Waals surface area (Å²) in [4.78, 5) is 66.9. The minimum absolute atomic E-state index is 0.107. The van der Waals surface area contributed by atoms with Crippen molar-refractivity contribution in [1.29, 1.82) is 0 Å². The Morgan fingerprint density at radius 2 is 0.333 bits per heavy atom. The van der Waals surface area contributed by atoms with E-state index in [1.54, 1.807) is 0 Å². The predicted molar refractivity (Wildman–Crippen MR) is 398 cm³/mol. The van der Waals surface area contributed by atoms with E-state index in [1.165, 1.54) is 334 Å². The van der Waals surface area contributed by atoms with Gasteiger partial charge in [0.15, 0.2) is 0 Å². The van der Waals surface area contributed by atoms with Gasteiger partial charge in [0.25, 0.3) is 0 Å². The highest BCUT2D eigenvalue weighted by molar-refractivity contribution is 5.89. The predicted octanol–water partition coefficient (Wildman–Crippen LogP) is 23.6. The maximum atomic E-state index is 11.9. The first-order chi connectivity index (χ1) is 46.8. The second-order valence-electron chi connectivity index (χ2n) is 27.8. The van der Waals surface area contributed by atoms with E-state index in [9.17, 15) is 39.0 Å². The van der Waals surface area contributed by atoms with Crippen molar-refractivity contribution >= 4 is 35.8 Å². The fourth-order valence-electron chi connectivity index (χ4n) is 11.8. The second kappa shape index (κ2) is 83.9. The molecule has 0 heterocycles. The SMILES string of the molecule is CCCCCCCCCCCCCCCCCC(=O)OCC(O)COC(=O)CCCCCCCCCCCCCCCCC.CCCCCCCCCCCCCCCCCC(=O)OCC(O)COC(=O)CCCCCCCCCCCCCCCCC.O=C(O)/C=C/C(=O)O. The van der Waals surface area contributed by atoms with Crippen molar-refractivity contribution in [2.75, 3.05) is 26.4 Å². The lowest BCUT2D eigenvalue weighted by atomic mass is 10.0. The van der Waals surface area contributed by atoms with Crippen LogP contribution in [0.15, 0.2) is 12.2 Å². The van der Waals surface area contributed by atoms with Gasteiger partial charge in [-0.2, -0.15) is 0 Å². The highest BCUT2D eigenvalue weighted by Crippen LogP contribution is 2.19. The molecular weight excluding hydrogens is 1210 g/mol. The molecule has 0 unspecified atom stereocenters. The first-order valence-electron chi connectivity index (χ1n) is 40.9. The van der Waals surface area contributed by atoms with Crippen LogP contribution in [0, 0.1) is 0 Å². The van der Waals surface area contributed by atoms with E-state index in [1.807, 2.05) is 0 Å². The number of ether oxygens (including phenoxy) is 4. The van der Waals surface area contributed by atoms with Crippen LogP contribution in [0.25, 0.3) is 0 Å². The number of aliphatic hydroxyl groups excluding tert-OH is 2. The van der Waals surface area contributed by atoms with E-state index in [2.05, 4.69) is 27.7 Å². The Bertz CT molecular complexity index is 1450. The molecule has 0 saturated carbocycles. The van der Waals surface area contributed by atoms with Crippen LogP contribution >= 0.6 is 0 Å². The van der Waals surface area contributed by atoms with E-state index in [0.29, 0.717) is 37.8 Å². The molecule has 0 amide bonds. The number of carboxylic acid groups (broad SMARTS) is 2. The maximum absolute atomic E-state index is 11.9. The second-order valence-corrected chi connectivity index (χ2v) is 27.8. The lowest BCUT2D eigenvalue weighted by molar-refractivity contribution is -0.154. The van der Waals surface area contributed by atoms with Crippen LogP contribution in [0.4, 0.5) is 0 Å². The Kier molecular flexibility index (Phi) is 84.5. The molecule has 0 aliphatic carbocycles.